The average molecular weight is 444 g/mol. The number of rotatable bonds is 5. The second-order valence-corrected chi connectivity index (χ2v) is 11.4. The number of hydrogen-bond donors (Lipinski definition) is 2. The van der Waals surface area contributed by atoms with Crippen LogP contribution in [-0.2, 0) is 4.74 Å². The van der Waals surface area contributed by atoms with E-state index < -0.39 is 12.2 Å². The molecule has 0 amide bonds. The van der Waals surface area contributed by atoms with Gasteiger partial charge in [0.05, 0.1) is 25.4 Å². The summed E-state index contributed by atoms with van der Waals surface area (Å²) in [5.74, 6) is 2.23. The van der Waals surface area contributed by atoms with Crippen LogP contribution in [0.4, 0.5) is 0 Å². The van der Waals surface area contributed by atoms with Gasteiger partial charge in [0, 0.05) is 19.0 Å². The molecule has 0 aromatic carbocycles. The molecule has 1 aliphatic heterocycles. The van der Waals surface area contributed by atoms with Crippen molar-refractivity contribution in [2.45, 2.75) is 90.4 Å². The van der Waals surface area contributed by atoms with Gasteiger partial charge in [-0.25, -0.2) is 0 Å². The Bertz CT molecular complexity index is 743. The Morgan fingerprint density at radius 1 is 1.28 bits per heavy atom. The number of hydrogen-bond acceptors (Lipinski definition) is 4. The quantitative estimate of drug-likeness (QED) is 0.636. The van der Waals surface area contributed by atoms with Gasteiger partial charge < -0.3 is 14.9 Å². The van der Waals surface area contributed by atoms with Gasteiger partial charge in [-0.2, -0.15) is 0 Å². The van der Waals surface area contributed by atoms with Crippen LogP contribution in [-0.4, -0.2) is 59.7 Å². The molecule has 4 aliphatic rings. The van der Waals surface area contributed by atoms with Gasteiger partial charge in [-0.05, 0) is 92.7 Å². The second-order valence-electron chi connectivity index (χ2n) is 11.4. The van der Waals surface area contributed by atoms with E-state index in [1.807, 2.05) is 0 Å². The van der Waals surface area contributed by atoms with E-state index in [0.717, 1.165) is 42.7 Å². The predicted molar refractivity (Wildman–Crippen MR) is 130 cm³/mol. The van der Waals surface area contributed by atoms with Gasteiger partial charge in [0.2, 0.25) is 0 Å². The predicted octanol–water partition coefficient (Wildman–Crippen LogP) is 4.87. The van der Waals surface area contributed by atoms with E-state index in [0.29, 0.717) is 30.2 Å². The third-order valence-electron chi connectivity index (χ3n) is 9.37. The highest BCUT2D eigenvalue weighted by Gasteiger charge is 2.50. The molecule has 0 radical (unpaired) electrons. The minimum absolute atomic E-state index is 0.404. The molecule has 2 N–H and O–H groups in total. The third-order valence-corrected chi connectivity index (χ3v) is 9.37. The van der Waals surface area contributed by atoms with E-state index in [2.05, 4.69) is 44.4 Å². The van der Waals surface area contributed by atoms with E-state index in [1.165, 1.54) is 45.1 Å². The number of ether oxygens (including phenoxy) is 1. The lowest BCUT2D eigenvalue weighted by Crippen LogP contribution is -2.45. The topological polar surface area (TPSA) is 52.9 Å². The standard InChI is InChI=1S/C28H45NO3/c1-19(11-13-29-14-15-32-18-20(29)2)25-9-10-26-22(6-5-12-28(25,26)4)7-8-23-16-24(30)17-27(31)21(23)3/h7-8,19-20,24-27,30-31H,3,5-6,9-18H2,1-2,4H3/b22-7+,23-8-/t19-,20+,24-,25-,26+,27+,28-/m1/s1. The zero-order valence-electron chi connectivity index (χ0n) is 20.6. The van der Waals surface area contributed by atoms with Crippen LogP contribution in [0.5, 0.6) is 0 Å². The van der Waals surface area contributed by atoms with Crippen molar-refractivity contribution in [1.29, 1.82) is 0 Å². The Balaban J connectivity index is 1.43. The normalized spacial score (nSPS) is 42.4. The molecule has 7 atom stereocenters. The van der Waals surface area contributed by atoms with Crippen molar-refractivity contribution in [3.8, 4) is 0 Å². The zero-order valence-corrected chi connectivity index (χ0v) is 20.6. The van der Waals surface area contributed by atoms with Crippen molar-refractivity contribution in [2.24, 2.45) is 23.2 Å². The smallest absolute Gasteiger partial charge is 0.0811 e. The summed E-state index contributed by atoms with van der Waals surface area (Å²) in [5.41, 5.74) is 3.81. The first-order chi connectivity index (χ1) is 15.3. The van der Waals surface area contributed by atoms with Crippen LogP contribution in [0.1, 0.15) is 72.1 Å². The number of fused-ring (bicyclic) bond motifs is 1. The van der Waals surface area contributed by atoms with Crippen molar-refractivity contribution in [3.05, 3.63) is 35.5 Å². The molecular weight excluding hydrogens is 398 g/mol. The van der Waals surface area contributed by atoms with Gasteiger partial charge in [0.15, 0.2) is 0 Å². The van der Waals surface area contributed by atoms with Gasteiger partial charge in [-0.3, -0.25) is 4.90 Å². The van der Waals surface area contributed by atoms with Crippen LogP contribution in [0.3, 0.4) is 0 Å². The van der Waals surface area contributed by atoms with Crippen molar-refractivity contribution >= 4 is 0 Å². The first kappa shape index (κ1) is 24.2. The molecule has 180 valence electrons. The molecule has 0 aromatic rings. The Kier molecular flexibility index (Phi) is 7.66. The molecule has 3 saturated carbocycles. The third kappa shape index (κ3) is 4.94. The van der Waals surface area contributed by atoms with E-state index in [9.17, 15) is 10.2 Å². The Labute approximate surface area is 195 Å². The zero-order chi connectivity index (χ0) is 22.9. The van der Waals surface area contributed by atoms with Crippen LogP contribution in [0.25, 0.3) is 0 Å². The molecule has 0 unspecified atom stereocenters. The molecule has 4 fully saturated rings. The van der Waals surface area contributed by atoms with Crippen LogP contribution < -0.4 is 0 Å². The van der Waals surface area contributed by atoms with Gasteiger partial charge >= 0.3 is 0 Å². The summed E-state index contributed by atoms with van der Waals surface area (Å²) in [7, 11) is 0. The maximum absolute atomic E-state index is 10.2. The van der Waals surface area contributed by atoms with E-state index in [1.54, 1.807) is 5.57 Å². The van der Waals surface area contributed by atoms with Gasteiger partial charge in [-0.15, -0.1) is 0 Å². The summed E-state index contributed by atoms with van der Waals surface area (Å²) in [6.45, 7) is 15.5. The van der Waals surface area contributed by atoms with E-state index in [4.69, 9.17) is 4.74 Å². The summed E-state index contributed by atoms with van der Waals surface area (Å²) in [6, 6.07) is 0.548. The Morgan fingerprint density at radius 2 is 2.09 bits per heavy atom. The van der Waals surface area contributed by atoms with Crippen molar-refractivity contribution in [3.63, 3.8) is 0 Å². The highest BCUT2D eigenvalue weighted by atomic mass is 16.5. The summed E-state index contributed by atoms with van der Waals surface area (Å²) in [6.07, 6.45) is 12.2. The van der Waals surface area contributed by atoms with Crippen LogP contribution in [0, 0.1) is 23.2 Å². The maximum Gasteiger partial charge on any atom is 0.0811 e. The lowest BCUT2D eigenvalue weighted by atomic mass is 9.61. The molecule has 1 saturated heterocycles. The summed E-state index contributed by atoms with van der Waals surface area (Å²) >= 11 is 0. The molecule has 1 heterocycles. The van der Waals surface area contributed by atoms with E-state index in [-0.39, 0.29) is 0 Å². The SMILES string of the molecule is C=C1/C(=C\C=C2/CCC[C@]3(C)[C@@H]([C@H](C)CCN4CCOC[C@@H]4C)CC[C@@H]23)C[C@@H](O)C[C@@H]1O. The molecule has 3 aliphatic carbocycles. The van der Waals surface area contributed by atoms with Crippen molar-refractivity contribution < 1.29 is 14.9 Å². The molecule has 4 nitrogen and oxygen atoms in total. The largest absolute Gasteiger partial charge is 0.393 e. The summed E-state index contributed by atoms with van der Waals surface area (Å²) < 4.78 is 5.62. The highest BCUT2D eigenvalue weighted by Crippen LogP contribution is 2.59. The average Bonchev–Trinajstić information content (AvgIpc) is 3.12. The summed E-state index contributed by atoms with van der Waals surface area (Å²) in [5, 5.41) is 20.3. The molecule has 0 spiro atoms. The highest BCUT2D eigenvalue weighted by molar-refractivity contribution is 5.38. The summed E-state index contributed by atoms with van der Waals surface area (Å²) in [4.78, 5) is 2.62. The van der Waals surface area contributed by atoms with Crippen LogP contribution in [0.15, 0.2) is 35.5 Å². The Morgan fingerprint density at radius 3 is 2.88 bits per heavy atom. The van der Waals surface area contributed by atoms with Crippen molar-refractivity contribution in [1.82, 2.24) is 4.90 Å². The van der Waals surface area contributed by atoms with E-state index >= 15 is 0 Å². The second kappa shape index (κ2) is 10.1. The van der Waals surface area contributed by atoms with Crippen LogP contribution in [0.2, 0.25) is 0 Å². The number of aliphatic hydroxyl groups is 2. The lowest BCUT2D eigenvalue weighted by molar-refractivity contribution is -0.00570. The minimum Gasteiger partial charge on any atom is -0.393 e. The lowest BCUT2D eigenvalue weighted by Gasteiger charge is -2.45. The van der Waals surface area contributed by atoms with Crippen LogP contribution >= 0.6 is 0 Å². The maximum atomic E-state index is 10.2. The number of aliphatic hydroxyl groups excluding tert-OH is 2. The molecule has 32 heavy (non-hydrogen) atoms. The fourth-order valence-electron chi connectivity index (χ4n) is 7.34. The monoisotopic (exact) mass is 443 g/mol. The fourth-order valence-corrected chi connectivity index (χ4v) is 7.34. The van der Waals surface area contributed by atoms with Gasteiger partial charge in [0.1, 0.15) is 0 Å². The minimum atomic E-state index is -0.606. The first-order valence-electron chi connectivity index (χ1n) is 13.1. The number of allylic oxidation sites excluding steroid dienone is 3. The van der Waals surface area contributed by atoms with Gasteiger partial charge in [0.25, 0.3) is 0 Å². The molecule has 4 rings (SSSR count). The number of morpholine rings is 1. The molecule has 4 heteroatoms. The molecule has 0 bridgehead atoms. The van der Waals surface area contributed by atoms with Gasteiger partial charge in [-0.1, -0.05) is 38.2 Å². The molecular formula is C28H45NO3. The molecule has 0 aromatic heterocycles. The Hall–Kier alpha value is -0.940. The van der Waals surface area contributed by atoms with Crippen molar-refractivity contribution in [2.75, 3.05) is 26.3 Å². The fraction of sp³-hybridized carbons (Fsp3) is 0.786. The first-order valence-corrected chi connectivity index (χ1v) is 13.1. The number of nitrogens with zero attached hydrogens (tertiary/aromatic N) is 1.